The molecule has 93 valence electrons. The summed E-state index contributed by atoms with van der Waals surface area (Å²) in [5.74, 6) is 0.628. The third-order valence-corrected chi connectivity index (χ3v) is 4.61. The highest BCUT2D eigenvalue weighted by molar-refractivity contribution is 7.12. The van der Waals surface area contributed by atoms with Crippen LogP contribution in [-0.2, 0) is 0 Å². The lowest BCUT2D eigenvalue weighted by molar-refractivity contribution is 0.452. The molecule has 1 aliphatic heterocycles. The Hall–Kier alpha value is -1.19. The van der Waals surface area contributed by atoms with Gasteiger partial charge < -0.3 is 0 Å². The van der Waals surface area contributed by atoms with Crippen molar-refractivity contribution in [2.45, 2.75) is 25.7 Å². The van der Waals surface area contributed by atoms with Gasteiger partial charge in [0, 0.05) is 29.4 Å². The third-order valence-electron chi connectivity index (χ3n) is 3.48. The maximum absolute atomic E-state index is 4.88. The van der Waals surface area contributed by atoms with Crippen LogP contribution >= 0.6 is 11.3 Å². The molecule has 1 aromatic carbocycles. The monoisotopic (exact) mass is 257 g/mol. The SMILES string of the molecule is Cc1sc(C2CC[N]CC2)nc1-c1ccccc1. The van der Waals surface area contributed by atoms with E-state index in [1.165, 1.54) is 28.3 Å². The molecule has 1 saturated heterocycles. The average Bonchev–Trinajstić information content (AvgIpc) is 2.83. The van der Waals surface area contributed by atoms with Crippen LogP contribution in [0.5, 0.6) is 0 Å². The molecule has 1 aromatic heterocycles. The summed E-state index contributed by atoms with van der Waals surface area (Å²) in [4.78, 5) is 6.21. The molecule has 0 aliphatic carbocycles. The zero-order chi connectivity index (χ0) is 12.4. The summed E-state index contributed by atoms with van der Waals surface area (Å²) in [5, 5.41) is 5.72. The zero-order valence-corrected chi connectivity index (χ0v) is 11.4. The number of aryl methyl sites for hydroxylation is 1. The molecule has 1 radical (unpaired) electrons. The first kappa shape index (κ1) is 11.9. The topological polar surface area (TPSA) is 27.0 Å². The Kier molecular flexibility index (Phi) is 3.43. The first-order chi connectivity index (χ1) is 8.84. The van der Waals surface area contributed by atoms with Gasteiger partial charge in [-0.15, -0.1) is 11.3 Å². The molecule has 2 nitrogen and oxygen atoms in total. The minimum Gasteiger partial charge on any atom is -0.242 e. The summed E-state index contributed by atoms with van der Waals surface area (Å²) in [7, 11) is 0. The van der Waals surface area contributed by atoms with E-state index < -0.39 is 0 Å². The van der Waals surface area contributed by atoms with Crippen LogP contribution in [0.4, 0.5) is 0 Å². The summed E-state index contributed by atoms with van der Waals surface area (Å²) < 4.78 is 0. The van der Waals surface area contributed by atoms with Gasteiger partial charge in [-0.2, -0.15) is 0 Å². The molecule has 2 heterocycles. The minimum absolute atomic E-state index is 0.628. The molecule has 18 heavy (non-hydrogen) atoms. The van der Waals surface area contributed by atoms with Crippen molar-refractivity contribution in [1.29, 1.82) is 0 Å². The molecule has 3 heteroatoms. The number of nitrogens with zero attached hydrogens (tertiary/aromatic N) is 2. The quantitative estimate of drug-likeness (QED) is 0.807. The first-order valence-electron chi connectivity index (χ1n) is 6.50. The van der Waals surface area contributed by atoms with Gasteiger partial charge in [0.25, 0.3) is 0 Å². The van der Waals surface area contributed by atoms with Crippen molar-refractivity contribution in [2.24, 2.45) is 0 Å². The predicted octanol–water partition coefficient (Wildman–Crippen LogP) is 3.60. The van der Waals surface area contributed by atoms with E-state index >= 15 is 0 Å². The van der Waals surface area contributed by atoms with Gasteiger partial charge >= 0.3 is 0 Å². The molecule has 0 spiro atoms. The molecule has 2 aromatic rings. The average molecular weight is 257 g/mol. The summed E-state index contributed by atoms with van der Waals surface area (Å²) in [6.07, 6.45) is 2.34. The Balaban J connectivity index is 1.91. The van der Waals surface area contributed by atoms with Crippen molar-refractivity contribution >= 4 is 11.3 Å². The Labute approximate surface area is 112 Å². The van der Waals surface area contributed by atoms with E-state index in [2.05, 4.69) is 42.6 Å². The van der Waals surface area contributed by atoms with Crippen LogP contribution in [0.25, 0.3) is 11.3 Å². The van der Waals surface area contributed by atoms with Crippen LogP contribution in [-0.4, -0.2) is 18.1 Å². The van der Waals surface area contributed by atoms with Gasteiger partial charge in [0.15, 0.2) is 0 Å². The lowest BCUT2D eigenvalue weighted by atomic mass is 9.99. The fourth-order valence-corrected chi connectivity index (χ4v) is 3.57. The van der Waals surface area contributed by atoms with Crippen LogP contribution < -0.4 is 5.32 Å². The van der Waals surface area contributed by atoms with Crippen molar-refractivity contribution in [2.75, 3.05) is 13.1 Å². The Morgan fingerprint density at radius 1 is 1.11 bits per heavy atom. The van der Waals surface area contributed by atoms with Gasteiger partial charge in [-0.3, -0.25) is 0 Å². The van der Waals surface area contributed by atoms with Crippen molar-refractivity contribution in [1.82, 2.24) is 10.3 Å². The van der Waals surface area contributed by atoms with E-state index in [-0.39, 0.29) is 0 Å². The number of hydrogen-bond donors (Lipinski definition) is 0. The van der Waals surface area contributed by atoms with E-state index in [0.717, 1.165) is 18.8 Å². The van der Waals surface area contributed by atoms with E-state index in [1.807, 2.05) is 11.3 Å². The summed E-state index contributed by atoms with van der Waals surface area (Å²) in [6.45, 7) is 4.19. The smallest absolute Gasteiger partial charge is 0.0967 e. The van der Waals surface area contributed by atoms with Crippen LogP contribution in [0.3, 0.4) is 0 Å². The standard InChI is InChI=1S/C15H17N2S/c1-11-14(12-5-3-2-4-6-12)17-15(18-11)13-7-9-16-10-8-13/h2-6,13H,7-10H2,1H3. The zero-order valence-electron chi connectivity index (χ0n) is 10.6. The maximum atomic E-state index is 4.88. The van der Waals surface area contributed by atoms with Gasteiger partial charge in [-0.05, 0) is 19.8 Å². The highest BCUT2D eigenvalue weighted by Crippen LogP contribution is 2.34. The van der Waals surface area contributed by atoms with Crippen LogP contribution in [0, 0.1) is 6.92 Å². The minimum atomic E-state index is 0.628. The molecule has 0 bridgehead atoms. The fourth-order valence-electron chi connectivity index (χ4n) is 2.45. The van der Waals surface area contributed by atoms with Crippen molar-refractivity contribution in [3.05, 3.63) is 40.2 Å². The molecule has 1 aliphatic rings. The molecular weight excluding hydrogens is 240 g/mol. The van der Waals surface area contributed by atoms with Gasteiger partial charge in [0.2, 0.25) is 0 Å². The lowest BCUT2D eigenvalue weighted by Gasteiger charge is -2.18. The lowest BCUT2D eigenvalue weighted by Crippen LogP contribution is -2.20. The van der Waals surface area contributed by atoms with E-state index in [9.17, 15) is 0 Å². The van der Waals surface area contributed by atoms with Crippen LogP contribution in [0.15, 0.2) is 30.3 Å². The summed E-state index contributed by atoms with van der Waals surface area (Å²) in [5.41, 5.74) is 2.40. The molecular formula is C15H17N2S. The van der Waals surface area contributed by atoms with E-state index in [0.29, 0.717) is 5.92 Å². The number of aromatic nitrogens is 1. The number of piperidine rings is 1. The Morgan fingerprint density at radius 3 is 2.56 bits per heavy atom. The van der Waals surface area contributed by atoms with Crippen molar-refractivity contribution in [3.8, 4) is 11.3 Å². The van der Waals surface area contributed by atoms with Crippen molar-refractivity contribution < 1.29 is 0 Å². The van der Waals surface area contributed by atoms with E-state index in [1.54, 1.807) is 0 Å². The predicted molar refractivity (Wildman–Crippen MR) is 76.1 cm³/mol. The van der Waals surface area contributed by atoms with Gasteiger partial charge in [-0.25, -0.2) is 10.3 Å². The Morgan fingerprint density at radius 2 is 1.83 bits per heavy atom. The largest absolute Gasteiger partial charge is 0.242 e. The molecule has 3 rings (SSSR count). The van der Waals surface area contributed by atoms with Crippen molar-refractivity contribution in [3.63, 3.8) is 0 Å². The summed E-state index contributed by atoms with van der Waals surface area (Å²) in [6, 6.07) is 10.5. The molecule has 0 atom stereocenters. The highest BCUT2D eigenvalue weighted by atomic mass is 32.1. The molecule has 0 unspecified atom stereocenters. The molecule has 1 fully saturated rings. The number of hydrogen-bond acceptors (Lipinski definition) is 2. The molecule has 0 saturated carbocycles. The normalized spacial score (nSPS) is 16.9. The first-order valence-corrected chi connectivity index (χ1v) is 7.32. The van der Waals surface area contributed by atoms with Gasteiger partial charge in [-0.1, -0.05) is 30.3 Å². The third kappa shape index (κ3) is 2.33. The molecule has 0 N–H and O–H groups in total. The second-order valence-corrected chi connectivity index (χ2v) is 6.00. The maximum Gasteiger partial charge on any atom is 0.0967 e. The summed E-state index contributed by atoms with van der Waals surface area (Å²) >= 11 is 1.86. The molecule has 0 amide bonds. The van der Waals surface area contributed by atoms with E-state index in [4.69, 9.17) is 4.98 Å². The number of benzene rings is 1. The Bertz CT molecular complexity index is 513. The van der Waals surface area contributed by atoms with Gasteiger partial charge in [0.1, 0.15) is 0 Å². The number of rotatable bonds is 2. The highest BCUT2D eigenvalue weighted by Gasteiger charge is 2.20. The van der Waals surface area contributed by atoms with Crippen LogP contribution in [0.1, 0.15) is 28.6 Å². The fraction of sp³-hybridized carbons (Fsp3) is 0.400. The van der Waals surface area contributed by atoms with Crippen LogP contribution in [0.2, 0.25) is 0 Å². The van der Waals surface area contributed by atoms with Gasteiger partial charge in [0.05, 0.1) is 10.7 Å². The second kappa shape index (κ2) is 5.21. The number of thiazole rings is 1. The second-order valence-electron chi connectivity index (χ2n) is 4.77.